The lowest BCUT2D eigenvalue weighted by molar-refractivity contribution is -0.274. The predicted octanol–water partition coefficient (Wildman–Crippen LogP) is 7.47. The quantitative estimate of drug-likeness (QED) is 0.347. The minimum absolute atomic E-state index is 0.0801. The van der Waals surface area contributed by atoms with Crippen LogP contribution in [0.1, 0.15) is 36.8 Å². The first-order chi connectivity index (χ1) is 16.5. The van der Waals surface area contributed by atoms with Crippen LogP contribution in [0.4, 0.5) is 43.8 Å². The van der Waals surface area contributed by atoms with Gasteiger partial charge in [-0.3, -0.25) is 0 Å². The summed E-state index contributed by atoms with van der Waals surface area (Å²) in [6.07, 6.45) is -5.46. The SMILES string of the molecule is Cc1ccc(Nc2cc(-c3cccc(OC(F)(F)F)c3)nc(NC3CCCC3)n2)cc1C(F)(F)F. The first kappa shape index (κ1) is 24.6. The molecule has 1 aliphatic rings. The zero-order valence-electron chi connectivity index (χ0n) is 18.6. The van der Waals surface area contributed by atoms with Gasteiger partial charge in [0.1, 0.15) is 11.6 Å². The number of benzene rings is 2. The Balaban J connectivity index is 1.70. The van der Waals surface area contributed by atoms with Crippen LogP contribution < -0.4 is 15.4 Å². The second-order valence-corrected chi connectivity index (χ2v) is 8.32. The Morgan fingerprint density at radius 2 is 1.66 bits per heavy atom. The largest absolute Gasteiger partial charge is 0.573 e. The molecule has 2 N–H and O–H groups in total. The molecule has 5 nitrogen and oxygen atoms in total. The van der Waals surface area contributed by atoms with E-state index in [1.807, 2.05) is 0 Å². The van der Waals surface area contributed by atoms with E-state index in [-0.39, 0.29) is 34.8 Å². The topological polar surface area (TPSA) is 59.1 Å². The highest BCUT2D eigenvalue weighted by Crippen LogP contribution is 2.35. The van der Waals surface area contributed by atoms with Crippen LogP contribution >= 0.6 is 0 Å². The van der Waals surface area contributed by atoms with Crippen molar-refractivity contribution in [1.82, 2.24) is 9.97 Å². The maximum atomic E-state index is 13.3. The summed E-state index contributed by atoms with van der Waals surface area (Å²) >= 11 is 0. The van der Waals surface area contributed by atoms with E-state index in [0.29, 0.717) is 5.56 Å². The Hall–Kier alpha value is -3.50. The van der Waals surface area contributed by atoms with Crippen molar-refractivity contribution in [1.29, 1.82) is 0 Å². The van der Waals surface area contributed by atoms with Gasteiger partial charge >= 0.3 is 12.5 Å². The number of nitrogens with zero attached hydrogens (tertiary/aromatic N) is 2. The van der Waals surface area contributed by atoms with E-state index in [0.717, 1.165) is 31.7 Å². The van der Waals surface area contributed by atoms with E-state index in [4.69, 9.17) is 0 Å². The molecule has 0 bridgehead atoms. The van der Waals surface area contributed by atoms with Crippen molar-refractivity contribution in [3.63, 3.8) is 0 Å². The molecule has 1 fully saturated rings. The van der Waals surface area contributed by atoms with Crippen molar-refractivity contribution in [3.8, 4) is 17.0 Å². The third-order valence-corrected chi connectivity index (χ3v) is 5.59. The van der Waals surface area contributed by atoms with Crippen molar-refractivity contribution in [2.24, 2.45) is 0 Å². The molecule has 0 saturated heterocycles. The Morgan fingerprint density at radius 3 is 2.34 bits per heavy atom. The summed E-state index contributed by atoms with van der Waals surface area (Å²) in [5, 5.41) is 6.09. The maximum absolute atomic E-state index is 13.3. The normalized spacial score (nSPS) is 14.7. The van der Waals surface area contributed by atoms with Gasteiger partial charge in [-0.15, -0.1) is 13.2 Å². The molecule has 2 aromatic carbocycles. The van der Waals surface area contributed by atoms with Crippen LogP contribution in [0.25, 0.3) is 11.3 Å². The van der Waals surface area contributed by atoms with E-state index in [1.165, 1.54) is 43.3 Å². The third kappa shape index (κ3) is 6.55. The summed E-state index contributed by atoms with van der Waals surface area (Å²) in [6, 6.07) is 10.7. The summed E-state index contributed by atoms with van der Waals surface area (Å²) in [7, 11) is 0. The van der Waals surface area contributed by atoms with E-state index in [9.17, 15) is 26.3 Å². The molecule has 35 heavy (non-hydrogen) atoms. The Bertz CT molecular complexity index is 1190. The summed E-state index contributed by atoms with van der Waals surface area (Å²) in [4.78, 5) is 8.83. The second kappa shape index (κ2) is 9.63. The molecule has 1 aliphatic carbocycles. The first-order valence-electron chi connectivity index (χ1n) is 10.9. The van der Waals surface area contributed by atoms with Crippen LogP contribution in [0.2, 0.25) is 0 Å². The molecule has 3 aromatic rings. The van der Waals surface area contributed by atoms with Crippen molar-refractivity contribution in [2.45, 2.75) is 51.2 Å². The van der Waals surface area contributed by atoms with Crippen LogP contribution in [-0.2, 0) is 6.18 Å². The molecule has 0 unspecified atom stereocenters. The standard InChI is InChI=1S/C24H22F6N4O/c1-14-9-10-17(12-19(14)23(25,26)27)31-21-13-20(33-22(34-21)32-16-6-2-3-7-16)15-5-4-8-18(11-15)35-24(28,29)30/h4-5,8-13,16H,2-3,6-7H2,1H3,(H2,31,32,33,34). The highest BCUT2D eigenvalue weighted by Gasteiger charge is 2.33. The van der Waals surface area contributed by atoms with E-state index in [1.54, 1.807) is 6.07 Å². The summed E-state index contributed by atoms with van der Waals surface area (Å²) in [5.41, 5.74) is 0.0634. The fourth-order valence-electron chi connectivity index (χ4n) is 3.98. The molecule has 1 heterocycles. The average Bonchev–Trinajstić information content (AvgIpc) is 3.26. The minimum atomic E-state index is -4.85. The minimum Gasteiger partial charge on any atom is -0.406 e. The molecule has 186 valence electrons. The first-order valence-corrected chi connectivity index (χ1v) is 10.9. The molecule has 0 spiro atoms. The molecule has 1 saturated carbocycles. The zero-order chi connectivity index (χ0) is 25.2. The predicted molar refractivity (Wildman–Crippen MR) is 119 cm³/mol. The fourth-order valence-corrected chi connectivity index (χ4v) is 3.98. The summed E-state index contributed by atoms with van der Waals surface area (Å²) in [6.45, 7) is 1.37. The zero-order valence-corrected chi connectivity index (χ0v) is 18.6. The number of nitrogens with one attached hydrogen (secondary N) is 2. The molecule has 0 aliphatic heterocycles. The molecule has 0 radical (unpaired) electrons. The number of anilines is 3. The lowest BCUT2D eigenvalue weighted by atomic mass is 10.1. The molecular formula is C24H22F6N4O. The van der Waals surface area contributed by atoms with E-state index in [2.05, 4.69) is 25.3 Å². The highest BCUT2D eigenvalue weighted by atomic mass is 19.4. The monoisotopic (exact) mass is 496 g/mol. The Labute approximate surface area is 197 Å². The number of rotatable bonds is 6. The van der Waals surface area contributed by atoms with Crippen molar-refractivity contribution in [2.75, 3.05) is 10.6 Å². The molecule has 0 atom stereocenters. The van der Waals surface area contributed by atoms with Gasteiger partial charge in [-0.05, 0) is 49.6 Å². The van der Waals surface area contributed by atoms with E-state index < -0.39 is 23.9 Å². The maximum Gasteiger partial charge on any atom is 0.573 e. The van der Waals surface area contributed by atoms with Gasteiger partial charge in [0.05, 0.1) is 11.3 Å². The number of halogens is 6. The molecule has 1 aromatic heterocycles. The number of aryl methyl sites for hydroxylation is 1. The van der Waals surface area contributed by atoms with Crippen LogP contribution in [0.3, 0.4) is 0 Å². The lowest BCUT2D eigenvalue weighted by Crippen LogP contribution is -2.17. The van der Waals surface area contributed by atoms with Gasteiger partial charge in [0, 0.05) is 23.4 Å². The van der Waals surface area contributed by atoms with E-state index >= 15 is 0 Å². The van der Waals surface area contributed by atoms with Crippen LogP contribution in [0.15, 0.2) is 48.5 Å². The van der Waals surface area contributed by atoms with Crippen molar-refractivity contribution < 1.29 is 31.1 Å². The number of alkyl halides is 6. The number of aromatic nitrogens is 2. The smallest absolute Gasteiger partial charge is 0.406 e. The summed E-state index contributed by atoms with van der Waals surface area (Å²) < 4.78 is 82.0. The van der Waals surface area contributed by atoms with Crippen molar-refractivity contribution in [3.05, 3.63) is 59.7 Å². The molecule has 0 amide bonds. The van der Waals surface area contributed by atoms with Crippen LogP contribution in [-0.4, -0.2) is 22.4 Å². The van der Waals surface area contributed by atoms with Gasteiger partial charge in [-0.2, -0.15) is 18.2 Å². The summed E-state index contributed by atoms with van der Waals surface area (Å²) in [5.74, 6) is -0.00130. The molecule has 4 rings (SSSR count). The van der Waals surface area contributed by atoms with Gasteiger partial charge in [-0.1, -0.05) is 31.0 Å². The molecular weight excluding hydrogens is 474 g/mol. The van der Waals surface area contributed by atoms with Gasteiger partial charge in [0.2, 0.25) is 5.95 Å². The van der Waals surface area contributed by atoms with Gasteiger partial charge in [0.25, 0.3) is 0 Å². The average molecular weight is 496 g/mol. The fraction of sp³-hybridized carbons (Fsp3) is 0.333. The highest BCUT2D eigenvalue weighted by molar-refractivity contribution is 5.69. The Kier molecular flexibility index (Phi) is 6.77. The third-order valence-electron chi connectivity index (χ3n) is 5.59. The number of ether oxygens (including phenoxy) is 1. The lowest BCUT2D eigenvalue weighted by Gasteiger charge is -2.16. The second-order valence-electron chi connectivity index (χ2n) is 8.32. The van der Waals surface area contributed by atoms with Crippen molar-refractivity contribution >= 4 is 17.5 Å². The van der Waals surface area contributed by atoms with Gasteiger partial charge < -0.3 is 15.4 Å². The van der Waals surface area contributed by atoms with Crippen LogP contribution in [0.5, 0.6) is 5.75 Å². The molecule has 11 heteroatoms. The van der Waals surface area contributed by atoms with Gasteiger partial charge in [-0.25, -0.2) is 4.98 Å². The van der Waals surface area contributed by atoms with Gasteiger partial charge in [0.15, 0.2) is 0 Å². The Morgan fingerprint density at radius 1 is 0.914 bits per heavy atom. The number of hydrogen-bond donors (Lipinski definition) is 2. The number of hydrogen-bond acceptors (Lipinski definition) is 5. The van der Waals surface area contributed by atoms with Crippen LogP contribution in [0, 0.1) is 6.92 Å².